The van der Waals surface area contributed by atoms with Crippen LogP contribution in [0.15, 0.2) is 43.0 Å². The van der Waals surface area contributed by atoms with Crippen LogP contribution in [0, 0.1) is 0 Å². The molecular formula is C14H14BrN5. The molecule has 0 saturated heterocycles. The van der Waals surface area contributed by atoms with Crippen molar-refractivity contribution in [2.45, 2.75) is 13.1 Å². The molecule has 0 spiro atoms. The topological polar surface area (TPSA) is 55.6 Å². The standard InChI is InChI=1S/C14H14BrN5/c15-6-7-20-10-19-12-13(17-9-18-14(12)20)16-8-11-4-2-1-3-5-11/h1-5,9-10H,6-8H2,(H,16,17,18). The van der Waals surface area contributed by atoms with Crippen LogP contribution < -0.4 is 5.32 Å². The summed E-state index contributed by atoms with van der Waals surface area (Å²) in [6, 6.07) is 10.2. The molecule has 3 rings (SSSR count). The maximum Gasteiger partial charge on any atom is 0.165 e. The third-order valence-electron chi connectivity index (χ3n) is 3.03. The summed E-state index contributed by atoms with van der Waals surface area (Å²) in [6.45, 7) is 1.56. The highest BCUT2D eigenvalue weighted by atomic mass is 79.9. The fraction of sp³-hybridized carbons (Fsp3) is 0.214. The van der Waals surface area contributed by atoms with Crippen molar-refractivity contribution < 1.29 is 0 Å². The Balaban J connectivity index is 1.85. The number of alkyl halides is 1. The minimum absolute atomic E-state index is 0.720. The van der Waals surface area contributed by atoms with E-state index in [9.17, 15) is 0 Å². The SMILES string of the molecule is BrCCn1cnc2c(NCc3ccccc3)ncnc21. The van der Waals surface area contributed by atoms with Gasteiger partial charge in [-0.2, -0.15) is 0 Å². The van der Waals surface area contributed by atoms with Gasteiger partial charge >= 0.3 is 0 Å². The molecule has 1 aromatic carbocycles. The van der Waals surface area contributed by atoms with E-state index in [1.165, 1.54) is 5.56 Å². The molecule has 0 saturated carbocycles. The van der Waals surface area contributed by atoms with Crippen molar-refractivity contribution in [3.8, 4) is 0 Å². The van der Waals surface area contributed by atoms with Gasteiger partial charge < -0.3 is 9.88 Å². The Labute approximate surface area is 125 Å². The fourth-order valence-electron chi connectivity index (χ4n) is 2.05. The van der Waals surface area contributed by atoms with Gasteiger partial charge in [0.05, 0.1) is 6.33 Å². The van der Waals surface area contributed by atoms with Gasteiger partial charge in [-0.25, -0.2) is 15.0 Å². The largest absolute Gasteiger partial charge is 0.364 e. The summed E-state index contributed by atoms with van der Waals surface area (Å²) >= 11 is 3.43. The summed E-state index contributed by atoms with van der Waals surface area (Å²) in [7, 11) is 0. The highest BCUT2D eigenvalue weighted by Gasteiger charge is 2.09. The summed E-state index contributed by atoms with van der Waals surface area (Å²) in [4.78, 5) is 13.0. The van der Waals surface area contributed by atoms with E-state index < -0.39 is 0 Å². The van der Waals surface area contributed by atoms with Crippen LogP contribution in [0.3, 0.4) is 0 Å². The second-order valence-electron chi connectivity index (χ2n) is 4.36. The van der Waals surface area contributed by atoms with E-state index in [-0.39, 0.29) is 0 Å². The molecule has 3 aromatic rings. The van der Waals surface area contributed by atoms with Crippen LogP contribution in [0.4, 0.5) is 5.82 Å². The van der Waals surface area contributed by atoms with Gasteiger partial charge in [0.25, 0.3) is 0 Å². The normalized spacial score (nSPS) is 10.8. The first-order valence-corrected chi connectivity index (χ1v) is 7.50. The van der Waals surface area contributed by atoms with Crippen LogP contribution in [0.25, 0.3) is 11.2 Å². The molecule has 6 heteroatoms. The van der Waals surface area contributed by atoms with Gasteiger partial charge in [0.2, 0.25) is 0 Å². The summed E-state index contributed by atoms with van der Waals surface area (Å²) in [6.07, 6.45) is 3.37. The summed E-state index contributed by atoms with van der Waals surface area (Å²) in [5.41, 5.74) is 2.87. The summed E-state index contributed by atoms with van der Waals surface area (Å²) < 4.78 is 2.01. The van der Waals surface area contributed by atoms with Gasteiger partial charge in [0.1, 0.15) is 11.8 Å². The first kappa shape index (κ1) is 13.1. The lowest BCUT2D eigenvalue weighted by Gasteiger charge is -2.06. The van der Waals surface area contributed by atoms with Gasteiger partial charge in [-0.3, -0.25) is 0 Å². The van der Waals surface area contributed by atoms with Crippen molar-refractivity contribution in [3.63, 3.8) is 0 Å². The van der Waals surface area contributed by atoms with E-state index in [4.69, 9.17) is 0 Å². The Morgan fingerprint density at radius 3 is 2.75 bits per heavy atom. The molecule has 1 N–H and O–H groups in total. The lowest BCUT2D eigenvalue weighted by Crippen LogP contribution is -2.03. The Bertz CT molecular complexity index is 695. The van der Waals surface area contributed by atoms with Gasteiger partial charge in [-0.15, -0.1) is 0 Å². The molecule has 0 atom stereocenters. The first-order valence-electron chi connectivity index (χ1n) is 6.38. The number of nitrogens with one attached hydrogen (secondary N) is 1. The Morgan fingerprint density at radius 2 is 1.95 bits per heavy atom. The van der Waals surface area contributed by atoms with Crippen LogP contribution in [0.5, 0.6) is 0 Å². The van der Waals surface area contributed by atoms with Gasteiger partial charge in [0, 0.05) is 18.4 Å². The van der Waals surface area contributed by atoms with Crippen LogP contribution in [-0.2, 0) is 13.1 Å². The smallest absolute Gasteiger partial charge is 0.165 e. The number of rotatable bonds is 5. The molecule has 0 fully saturated rings. The third-order valence-corrected chi connectivity index (χ3v) is 3.38. The monoisotopic (exact) mass is 331 g/mol. The quantitative estimate of drug-likeness (QED) is 0.730. The van der Waals surface area contributed by atoms with E-state index in [0.29, 0.717) is 0 Å². The maximum atomic E-state index is 4.40. The second kappa shape index (κ2) is 6.00. The molecule has 20 heavy (non-hydrogen) atoms. The zero-order valence-corrected chi connectivity index (χ0v) is 12.4. The average Bonchev–Trinajstić information content (AvgIpc) is 2.91. The fourth-order valence-corrected chi connectivity index (χ4v) is 2.43. The second-order valence-corrected chi connectivity index (χ2v) is 5.15. The molecule has 0 radical (unpaired) electrons. The number of halogens is 1. The molecule has 2 aromatic heterocycles. The number of hydrogen-bond acceptors (Lipinski definition) is 4. The van der Waals surface area contributed by atoms with Crippen molar-refractivity contribution in [3.05, 3.63) is 48.5 Å². The highest BCUT2D eigenvalue weighted by Crippen LogP contribution is 2.18. The number of aromatic nitrogens is 4. The molecule has 0 aliphatic rings. The van der Waals surface area contributed by atoms with Crippen LogP contribution in [0.1, 0.15) is 5.56 Å². The van der Waals surface area contributed by atoms with Crippen LogP contribution >= 0.6 is 15.9 Å². The van der Waals surface area contributed by atoms with Gasteiger partial charge in [-0.05, 0) is 5.56 Å². The van der Waals surface area contributed by atoms with E-state index in [1.807, 2.05) is 22.8 Å². The Morgan fingerprint density at radius 1 is 1.10 bits per heavy atom. The number of hydrogen-bond donors (Lipinski definition) is 1. The van der Waals surface area contributed by atoms with E-state index in [2.05, 4.69) is 48.3 Å². The average molecular weight is 332 g/mol. The third kappa shape index (κ3) is 2.65. The number of aryl methyl sites for hydroxylation is 1. The molecule has 2 heterocycles. The molecule has 0 unspecified atom stereocenters. The first-order chi connectivity index (χ1) is 9.88. The van der Waals surface area contributed by atoms with Crippen molar-refractivity contribution in [1.82, 2.24) is 19.5 Å². The number of benzene rings is 1. The number of imidazole rings is 1. The van der Waals surface area contributed by atoms with Crippen molar-refractivity contribution >= 4 is 32.9 Å². The molecule has 0 aliphatic heterocycles. The van der Waals surface area contributed by atoms with Crippen LogP contribution in [-0.4, -0.2) is 24.8 Å². The highest BCUT2D eigenvalue weighted by molar-refractivity contribution is 9.09. The van der Waals surface area contributed by atoms with E-state index in [1.54, 1.807) is 12.7 Å². The van der Waals surface area contributed by atoms with E-state index in [0.717, 1.165) is 35.4 Å². The Hall–Kier alpha value is -1.95. The minimum Gasteiger partial charge on any atom is -0.364 e. The zero-order chi connectivity index (χ0) is 13.8. The summed E-state index contributed by atoms with van der Waals surface area (Å²) in [5.74, 6) is 0.771. The molecular weight excluding hydrogens is 318 g/mol. The van der Waals surface area contributed by atoms with Crippen molar-refractivity contribution in [2.24, 2.45) is 0 Å². The lowest BCUT2D eigenvalue weighted by molar-refractivity contribution is 0.790. The molecule has 0 aliphatic carbocycles. The number of anilines is 1. The van der Waals surface area contributed by atoms with Crippen molar-refractivity contribution in [2.75, 3.05) is 10.6 Å². The predicted molar refractivity (Wildman–Crippen MR) is 82.9 cm³/mol. The molecule has 0 amide bonds. The van der Waals surface area contributed by atoms with Crippen molar-refractivity contribution in [1.29, 1.82) is 0 Å². The molecule has 102 valence electrons. The van der Waals surface area contributed by atoms with Crippen LogP contribution in [0.2, 0.25) is 0 Å². The van der Waals surface area contributed by atoms with Gasteiger partial charge in [-0.1, -0.05) is 46.3 Å². The number of nitrogens with zero attached hydrogens (tertiary/aromatic N) is 4. The maximum absolute atomic E-state index is 4.40. The van der Waals surface area contributed by atoms with E-state index >= 15 is 0 Å². The molecule has 5 nitrogen and oxygen atoms in total. The Kier molecular flexibility index (Phi) is 3.92. The lowest BCUT2D eigenvalue weighted by atomic mass is 10.2. The predicted octanol–water partition coefficient (Wildman–Crippen LogP) is 2.83. The number of fused-ring (bicyclic) bond motifs is 1. The minimum atomic E-state index is 0.720. The molecule has 0 bridgehead atoms. The summed E-state index contributed by atoms with van der Waals surface area (Å²) in [5, 5.41) is 4.19. The zero-order valence-electron chi connectivity index (χ0n) is 10.8. The van der Waals surface area contributed by atoms with Gasteiger partial charge in [0.15, 0.2) is 11.5 Å².